The minimum Gasteiger partial charge on any atom is -0.886 e. The van der Waals surface area contributed by atoms with Gasteiger partial charge in [0.25, 0.3) is 0 Å². The Bertz CT molecular complexity index is 466. The molecule has 0 heterocycles. The molecule has 0 saturated carbocycles. The Balaban J connectivity index is 0.00000144. The zero-order chi connectivity index (χ0) is 11.2. The van der Waals surface area contributed by atoms with Crippen LogP contribution in [-0.2, 0) is 0 Å². The molecule has 0 aromatic heterocycles. The normalized spacial score (nSPS) is 9.89. The summed E-state index contributed by atoms with van der Waals surface area (Å²) in [6.07, 6.45) is 3.26. The Labute approximate surface area is 132 Å². The second-order valence-corrected chi connectivity index (χ2v) is 3.51. The van der Waals surface area contributed by atoms with Crippen molar-refractivity contribution in [1.29, 1.82) is 0 Å². The van der Waals surface area contributed by atoms with Gasteiger partial charge in [-0.2, -0.15) is 12.2 Å². The van der Waals surface area contributed by atoms with Crippen molar-refractivity contribution in [3.63, 3.8) is 0 Å². The van der Waals surface area contributed by atoms with E-state index >= 15 is 0 Å². The largest absolute Gasteiger partial charge is 1.00 e. The van der Waals surface area contributed by atoms with Gasteiger partial charge >= 0.3 is 37.7 Å². The summed E-state index contributed by atoms with van der Waals surface area (Å²) in [5, 5.41) is 11.7. The molecule has 2 aromatic rings. The van der Waals surface area contributed by atoms with Gasteiger partial charge in [-0.1, -0.05) is 42.0 Å². The van der Waals surface area contributed by atoms with Crippen LogP contribution in [-0.4, -0.2) is 0 Å². The molecule has 3 heteroatoms. The maximum absolute atomic E-state index is 11.7. The predicted octanol–water partition coefficient (Wildman–Crippen LogP) is -3.35. The number of allylic oxidation sites excluding steroid dienone is 1. The van der Waals surface area contributed by atoms with E-state index in [2.05, 4.69) is 0 Å². The summed E-state index contributed by atoms with van der Waals surface area (Å²) in [5.41, 5.74) is 1.86. The zero-order valence-corrected chi connectivity index (χ0v) is 10.8. The smallest absolute Gasteiger partial charge is 0.886 e. The van der Waals surface area contributed by atoms with Gasteiger partial charge in [-0.05, 0) is 0 Å². The Morgan fingerprint density at radius 3 is 1.89 bits per heavy atom. The third kappa shape index (κ3) is 5.59. The van der Waals surface area contributed by atoms with Gasteiger partial charge in [0.05, 0.1) is 0 Å². The van der Waals surface area contributed by atoms with Gasteiger partial charge in [0, 0.05) is 0 Å². The van der Waals surface area contributed by atoms with Gasteiger partial charge in [0.15, 0.2) is 0 Å². The van der Waals surface area contributed by atoms with Crippen LogP contribution in [0.2, 0.25) is 0 Å². The van der Waals surface area contributed by atoms with Crippen molar-refractivity contribution < 1.29 is 42.8 Å². The fraction of sp³-hybridized carbons (Fsp3) is 0. The van der Waals surface area contributed by atoms with Gasteiger partial charge in [0.1, 0.15) is 0 Å². The summed E-state index contributed by atoms with van der Waals surface area (Å²) in [4.78, 5) is 0. The molecule has 1 nitrogen and oxygen atoms in total. The molecule has 0 fully saturated rings. The van der Waals surface area contributed by atoms with E-state index in [1.165, 1.54) is 0 Å². The first kappa shape index (κ1) is 17.0. The average molecular weight is 222 g/mol. The van der Waals surface area contributed by atoms with Crippen LogP contribution in [0.1, 0.15) is 11.1 Å². The molecule has 18 heavy (non-hydrogen) atoms. The molecule has 0 saturated heterocycles. The number of rotatable bonds is 3. The van der Waals surface area contributed by atoms with Crippen LogP contribution >= 0.6 is 0 Å². The summed E-state index contributed by atoms with van der Waals surface area (Å²) < 4.78 is 0. The molecule has 2 aromatic carbocycles. The van der Waals surface area contributed by atoms with E-state index in [1.54, 1.807) is 12.5 Å². The Kier molecular flexibility index (Phi) is 8.56. The van der Waals surface area contributed by atoms with Crippen LogP contribution in [0.4, 0.5) is 0 Å². The minimum absolute atomic E-state index is 0. The van der Waals surface area contributed by atoms with E-state index < -0.39 is 0 Å². The molecule has 0 atom stereocenters. The fourth-order valence-electron chi connectivity index (χ4n) is 1.47. The van der Waals surface area contributed by atoms with Gasteiger partial charge in [-0.15, -0.1) is 35.9 Å². The van der Waals surface area contributed by atoms with Crippen LogP contribution in [0, 0.1) is 6.42 Å². The van der Waals surface area contributed by atoms with Crippen molar-refractivity contribution in [2.45, 2.75) is 0 Å². The SMILES string of the molecule is [Li+].[Li+].[O-]C(=Cc1ccccc1)[CH-]c1ccccc1. The Morgan fingerprint density at radius 1 is 0.833 bits per heavy atom. The van der Waals surface area contributed by atoms with Gasteiger partial charge in [-0.25, -0.2) is 0 Å². The fourth-order valence-corrected chi connectivity index (χ4v) is 1.47. The van der Waals surface area contributed by atoms with Gasteiger partial charge < -0.3 is 5.11 Å². The maximum atomic E-state index is 11.7. The van der Waals surface area contributed by atoms with E-state index in [4.69, 9.17) is 0 Å². The molecule has 2 rings (SSSR count). The van der Waals surface area contributed by atoms with Crippen molar-refractivity contribution in [2.24, 2.45) is 0 Å². The zero-order valence-electron chi connectivity index (χ0n) is 10.8. The summed E-state index contributed by atoms with van der Waals surface area (Å²) in [7, 11) is 0. The molecule has 0 spiro atoms. The van der Waals surface area contributed by atoms with Gasteiger partial charge in [-0.3, -0.25) is 0 Å². The van der Waals surface area contributed by atoms with Crippen molar-refractivity contribution in [2.75, 3.05) is 0 Å². The molecule has 0 N–H and O–H groups in total. The standard InChI is InChI=1S/C15H13O.2Li/c16-15(11-13-7-3-1-4-8-13)12-14-9-5-2-6-10-14;;/h1-12,16H;;/q-1;2*+1/p-1. The summed E-state index contributed by atoms with van der Waals surface area (Å²) >= 11 is 0. The van der Waals surface area contributed by atoms with E-state index in [0.29, 0.717) is 0 Å². The topological polar surface area (TPSA) is 23.1 Å². The van der Waals surface area contributed by atoms with E-state index in [9.17, 15) is 5.11 Å². The Morgan fingerprint density at radius 2 is 1.33 bits per heavy atom. The van der Waals surface area contributed by atoms with Crippen LogP contribution in [0.25, 0.3) is 6.08 Å². The molecule has 0 aliphatic heterocycles. The molecule has 0 unspecified atom stereocenters. The molecule has 0 radical (unpaired) electrons. The number of hydrogen-bond donors (Lipinski definition) is 0. The second-order valence-electron chi connectivity index (χ2n) is 3.51. The molecule has 0 aliphatic rings. The summed E-state index contributed by atoms with van der Waals surface area (Å²) in [5.74, 6) is 0.0115. The van der Waals surface area contributed by atoms with Crippen LogP contribution in [0.3, 0.4) is 0 Å². The van der Waals surface area contributed by atoms with Crippen molar-refractivity contribution >= 4 is 6.08 Å². The molecular weight excluding hydrogens is 210 g/mol. The van der Waals surface area contributed by atoms with E-state index in [-0.39, 0.29) is 43.5 Å². The summed E-state index contributed by atoms with van der Waals surface area (Å²) in [6.45, 7) is 0. The second kappa shape index (κ2) is 9.04. The summed E-state index contributed by atoms with van der Waals surface area (Å²) in [6, 6.07) is 19.2. The molecular formula is C15H12Li2O. The van der Waals surface area contributed by atoms with E-state index in [1.807, 2.05) is 60.7 Å². The third-order valence-corrected chi connectivity index (χ3v) is 2.22. The monoisotopic (exact) mass is 222 g/mol. The first-order valence-corrected chi connectivity index (χ1v) is 5.18. The molecule has 0 aliphatic carbocycles. The molecule has 80 valence electrons. The average Bonchev–Trinajstić information content (AvgIpc) is 2.31. The molecule has 0 bridgehead atoms. The quantitative estimate of drug-likeness (QED) is 0.302. The van der Waals surface area contributed by atoms with Crippen molar-refractivity contribution in [3.05, 3.63) is 84.0 Å². The van der Waals surface area contributed by atoms with Gasteiger partial charge in [0.2, 0.25) is 0 Å². The van der Waals surface area contributed by atoms with Crippen LogP contribution < -0.4 is 42.8 Å². The maximum Gasteiger partial charge on any atom is 1.00 e. The predicted molar refractivity (Wildman–Crippen MR) is 64.3 cm³/mol. The third-order valence-electron chi connectivity index (χ3n) is 2.22. The first-order valence-electron chi connectivity index (χ1n) is 5.18. The first-order chi connectivity index (χ1) is 7.84. The minimum atomic E-state index is 0. The molecule has 0 amide bonds. The van der Waals surface area contributed by atoms with Crippen LogP contribution in [0.15, 0.2) is 66.4 Å². The van der Waals surface area contributed by atoms with E-state index in [0.717, 1.165) is 11.1 Å². The Hall–Kier alpha value is -0.955. The number of benzene rings is 2. The van der Waals surface area contributed by atoms with Crippen molar-refractivity contribution in [3.8, 4) is 0 Å². The van der Waals surface area contributed by atoms with Crippen LogP contribution in [0.5, 0.6) is 0 Å². The number of hydrogen-bond acceptors (Lipinski definition) is 1. The van der Waals surface area contributed by atoms with Crippen molar-refractivity contribution in [1.82, 2.24) is 0 Å².